The maximum atomic E-state index is 15.0. The highest BCUT2D eigenvalue weighted by Crippen LogP contribution is 2.46. The van der Waals surface area contributed by atoms with Gasteiger partial charge in [-0.05, 0) is 80.7 Å². The van der Waals surface area contributed by atoms with Crippen LogP contribution in [-0.4, -0.2) is 53.2 Å². The highest BCUT2D eigenvalue weighted by atomic mass is 35.5. The third kappa shape index (κ3) is 5.11. The Labute approximate surface area is 241 Å². The normalized spacial score (nSPS) is 19.4. The average Bonchev–Trinajstić information content (AvgIpc) is 3.47. The molecule has 1 atom stereocenters. The monoisotopic (exact) mass is 581 g/mol. The number of benzene rings is 3. The fourth-order valence-electron chi connectivity index (χ4n) is 5.63. The summed E-state index contributed by atoms with van der Waals surface area (Å²) in [4.78, 5) is 29.8. The third-order valence-corrected chi connectivity index (χ3v) is 9.68. The number of carbonyl (C=O) groups excluding carboxylic acids is 2. The largest absolute Gasteiger partial charge is 0.302 e. The number of halogens is 3. The molecule has 0 N–H and O–H groups in total. The van der Waals surface area contributed by atoms with Gasteiger partial charge in [0.1, 0.15) is 11.6 Å². The summed E-state index contributed by atoms with van der Waals surface area (Å²) < 4.78 is 31.8. The first kappa shape index (κ1) is 28.2. The zero-order valence-corrected chi connectivity index (χ0v) is 23.7. The summed E-state index contributed by atoms with van der Waals surface area (Å²) in [7, 11) is -0.771. The van der Waals surface area contributed by atoms with Crippen molar-refractivity contribution in [2.75, 3.05) is 30.5 Å². The molecular formula is C31H30ClF2N3O2S. The number of aryl methyl sites for hydroxylation is 1. The molecule has 40 heavy (non-hydrogen) atoms. The lowest BCUT2D eigenvalue weighted by Crippen LogP contribution is -2.42. The minimum Gasteiger partial charge on any atom is -0.302 e. The van der Waals surface area contributed by atoms with Gasteiger partial charge in [0.15, 0.2) is 0 Å². The van der Waals surface area contributed by atoms with Crippen LogP contribution in [0, 0.1) is 24.5 Å². The minimum atomic E-state index is -0.771. The summed E-state index contributed by atoms with van der Waals surface area (Å²) in [5.41, 5.74) is 3.38. The van der Waals surface area contributed by atoms with Crippen LogP contribution < -0.4 is 4.31 Å². The van der Waals surface area contributed by atoms with Gasteiger partial charge in [-0.1, -0.05) is 46.6 Å². The first-order valence-electron chi connectivity index (χ1n) is 13.2. The number of anilines is 1. The quantitative estimate of drug-likeness (QED) is 0.248. The van der Waals surface area contributed by atoms with Crippen molar-refractivity contribution in [2.45, 2.75) is 24.7 Å². The number of fused-ring (bicyclic) bond motifs is 1. The number of likely N-dealkylation sites (tertiary alicyclic amines) is 1. The van der Waals surface area contributed by atoms with Crippen molar-refractivity contribution >= 4 is 45.9 Å². The van der Waals surface area contributed by atoms with E-state index in [4.69, 9.17) is 0 Å². The fraction of sp³-hybridized carbons (Fsp3) is 0.258. The molecule has 1 unspecified atom stereocenters. The number of amides is 2. The molecule has 0 saturated carbocycles. The topological polar surface area (TPSA) is 43.9 Å². The first-order chi connectivity index (χ1) is 18.9. The van der Waals surface area contributed by atoms with Gasteiger partial charge in [0.25, 0.3) is 11.8 Å². The van der Waals surface area contributed by atoms with Gasteiger partial charge in [0, 0.05) is 24.7 Å². The first-order valence-corrected chi connectivity index (χ1v) is 14.4. The number of para-hydroxylation sites is 1. The summed E-state index contributed by atoms with van der Waals surface area (Å²) in [5.74, 6) is -0.894. The third-order valence-electron chi connectivity index (χ3n) is 7.70. The van der Waals surface area contributed by atoms with Crippen molar-refractivity contribution in [1.29, 1.82) is 0 Å². The van der Waals surface area contributed by atoms with Crippen LogP contribution in [0.15, 0.2) is 83.4 Å². The Morgan fingerprint density at radius 3 is 2.25 bits per heavy atom. The standard InChI is InChI=1S/C31H29F2N3O2S.ClH/c1-21-10-11-23-24(20-21)31(38)35(30(23)37)18-17-34-15-12-22(13-16-34)27-14-19-39(29-9-5-3-7-26(29)33)36(27)28-8-4-2-6-25(28)32;/h2-11,14,19-20,22H,12-13,15-18H2,1H3;1H. The highest BCUT2D eigenvalue weighted by molar-refractivity contribution is 8.16. The van der Waals surface area contributed by atoms with Crippen LogP contribution in [0.25, 0.3) is 0 Å². The molecule has 208 valence electrons. The number of hydrogen-bond acceptors (Lipinski definition) is 4. The molecule has 1 fully saturated rings. The minimum absolute atomic E-state index is 0. The second kappa shape index (κ2) is 11.6. The van der Waals surface area contributed by atoms with Gasteiger partial charge >= 0.3 is 0 Å². The molecule has 0 aliphatic carbocycles. The van der Waals surface area contributed by atoms with E-state index in [-0.39, 0.29) is 41.8 Å². The Balaban J connectivity index is 0.00000323. The number of rotatable bonds is 6. The van der Waals surface area contributed by atoms with Gasteiger partial charge in [-0.15, -0.1) is 12.4 Å². The number of carbonyl (C=O) groups is 2. The van der Waals surface area contributed by atoms with Crippen molar-refractivity contribution in [3.05, 3.63) is 107 Å². The van der Waals surface area contributed by atoms with Crippen molar-refractivity contribution in [3.63, 3.8) is 0 Å². The summed E-state index contributed by atoms with van der Waals surface area (Å²) in [6.07, 6.45) is 3.73. The lowest BCUT2D eigenvalue weighted by atomic mass is 9.93. The predicted octanol–water partition coefficient (Wildman–Crippen LogP) is 6.45. The molecule has 0 bridgehead atoms. The summed E-state index contributed by atoms with van der Waals surface area (Å²) in [6.45, 7) is 4.46. The van der Waals surface area contributed by atoms with Gasteiger partial charge in [-0.3, -0.25) is 18.8 Å². The van der Waals surface area contributed by atoms with E-state index in [2.05, 4.69) is 4.90 Å². The van der Waals surface area contributed by atoms with Gasteiger partial charge in [-0.25, -0.2) is 8.78 Å². The van der Waals surface area contributed by atoms with Crippen molar-refractivity contribution in [2.24, 2.45) is 5.92 Å². The lowest BCUT2D eigenvalue weighted by Gasteiger charge is -2.37. The van der Waals surface area contributed by atoms with Crippen LogP contribution in [0.4, 0.5) is 14.5 Å². The van der Waals surface area contributed by atoms with Crippen LogP contribution >= 0.6 is 23.1 Å². The van der Waals surface area contributed by atoms with Gasteiger partial charge in [0.2, 0.25) is 0 Å². The molecule has 3 aliphatic rings. The molecule has 3 aliphatic heterocycles. The second-order valence-corrected chi connectivity index (χ2v) is 11.9. The lowest BCUT2D eigenvalue weighted by molar-refractivity contribution is 0.0628. The molecule has 0 aromatic heterocycles. The number of allylic oxidation sites excluding steroid dienone is 2. The molecule has 9 heteroatoms. The Morgan fingerprint density at radius 2 is 1.52 bits per heavy atom. The summed E-state index contributed by atoms with van der Waals surface area (Å²) in [5, 5.41) is 1.98. The number of nitrogens with zero attached hydrogens (tertiary/aromatic N) is 3. The van der Waals surface area contributed by atoms with Crippen LogP contribution in [0.5, 0.6) is 0 Å². The maximum Gasteiger partial charge on any atom is 0.261 e. The van der Waals surface area contributed by atoms with E-state index in [9.17, 15) is 14.0 Å². The fourth-order valence-corrected chi connectivity index (χ4v) is 7.64. The number of imide groups is 1. The van der Waals surface area contributed by atoms with Crippen LogP contribution in [-0.2, 0) is 0 Å². The molecule has 2 amide bonds. The SMILES string of the molecule is Cc1ccc2c(c1)C(=O)N(CCN1CCC(C3=CC=S(c4ccccc4F)N3c3ccccc3F)CC1)C2=O.Cl. The van der Waals surface area contributed by atoms with E-state index >= 15 is 4.39 Å². The molecule has 3 aromatic rings. The Kier molecular flexibility index (Phi) is 8.21. The highest BCUT2D eigenvalue weighted by Gasteiger charge is 2.36. The molecule has 3 aromatic carbocycles. The average molecular weight is 582 g/mol. The molecule has 0 spiro atoms. The van der Waals surface area contributed by atoms with Crippen molar-refractivity contribution in [1.82, 2.24) is 9.80 Å². The van der Waals surface area contributed by atoms with Crippen molar-refractivity contribution in [3.8, 4) is 0 Å². The molecule has 0 radical (unpaired) electrons. The molecular weight excluding hydrogens is 552 g/mol. The number of hydrogen-bond donors (Lipinski definition) is 0. The Hall–Kier alpha value is -3.33. The predicted molar refractivity (Wildman–Crippen MR) is 158 cm³/mol. The Morgan fingerprint density at radius 1 is 0.850 bits per heavy atom. The summed E-state index contributed by atoms with van der Waals surface area (Å²) >= 11 is 0. The van der Waals surface area contributed by atoms with E-state index in [0.29, 0.717) is 34.8 Å². The zero-order valence-electron chi connectivity index (χ0n) is 22.1. The molecule has 5 nitrogen and oxygen atoms in total. The maximum absolute atomic E-state index is 15.0. The van der Waals surface area contributed by atoms with Crippen LogP contribution in [0.2, 0.25) is 0 Å². The van der Waals surface area contributed by atoms with Crippen molar-refractivity contribution < 1.29 is 18.4 Å². The van der Waals surface area contributed by atoms with E-state index in [1.54, 1.807) is 42.5 Å². The second-order valence-electron chi connectivity index (χ2n) is 10.1. The van der Waals surface area contributed by atoms with E-state index in [0.717, 1.165) is 37.2 Å². The molecule has 1 saturated heterocycles. The number of piperidine rings is 1. The zero-order chi connectivity index (χ0) is 27.1. The molecule has 6 rings (SSSR count). The summed E-state index contributed by atoms with van der Waals surface area (Å²) in [6, 6.07) is 18.7. The Bertz CT molecular complexity index is 1530. The van der Waals surface area contributed by atoms with E-state index < -0.39 is 10.7 Å². The van der Waals surface area contributed by atoms with Gasteiger partial charge < -0.3 is 4.90 Å². The molecule has 3 heterocycles. The van der Waals surface area contributed by atoms with Gasteiger partial charge in [-0.2, -0.15) is 0 Å². The van der Waals surface area contributed by atoms with E-state index in [1.165, 1.54) is 17.0 Å². The van der Waals surface area contributed by atoms with E-state index in [1.807, 2.05) is 34.8 Å². The smallest absolute Gasteiger partial charge is 0.261 e. The van der Waals surface area contributed by atoms with Crippen LogP contribution in [0.3, 0.4) is 0 Å². The van der Waals surface area contributed by atoms with Crippen LogP contribution in [0.1, 0.15) is 39.1 Å². The van der Waals surface area contributed by atoms with Gasteiger partial charge in [0.05, 0.1) is 21.7 Å².